The number of epoxide rings is 1. The van der Waals surface area contributed by atoms with Crippen LogP contribution in [0.3, 0.4) is 0 Å². The van der Waals surface area contributed by atoms with Crippen molar-refractivity contribution in [2.45, 2.75) is 39.9 Å². The second-order valence-electron chi connectivity index (χ2n) is 7.56. The van der Waals surface area contributed by atoms with Gasteiger partial charge in [0.25, 0.3) is 0 Å². The minimum atomic E-state index is -0.637. The number of aliphatic hydroxyl groups excluding tert-OH is 1. The Hall–Kier alpha value is -2.08. The van der Waals surface area contributed by atoms with Gasteiger partial charge < -0.3 is 24.1 Å². The first-order chi connectivity index (χ1) is 13.4. The molecule has 1 fully saturated rings. The first-order valence-electron chi connectivity index (χ1n) is 9.66. The van der Waals surface area contributed by atoms with Crippen molar-refractivity contribution in [3.63, 3.8) is 0 Å². The first-order valence-corrected chi connectivity index (χ1v) is 9.66. The van der Waals surface area contributed by atoms with Gasteiger partial charge in [0.1, 0.15) is 36.9 Å². The van der Waals surface area contributed by atoms with E-state index in [0.717, 1.165) is 51.5 Å². The fraction of sp³-hybridized carbons (Fsp3) is 0.478. The summed E-state index contributed by atoms with van der Waals surface area (Å²) < 4.78 is 22.0. The maximum absolute atomic E-state index is 9.82. The maximum atomic E-state index is 9.82. The molecule has 5 heteroatoms. The van der Waals surface area contributed by atoms with Gasteiger partial charge in [-0.1, -0.05) is 0 Å². The van der Waals surface area contributed by atoms with Crippen molar-refractivity contribution < 1.29 is 24.1 Å². The highest BCUT2D eigenvalue weighted by molar-refractivity contribution is 5.70. The zero-order valence-corrected chi connectivity index (χ0v) is 17.4. The number of hydrogen-bond donors (Lipinski definition) is 1. The average molecular weight is 386 g/mol. The van der Waals surface area contributed by atoms with Crippen LogP contribution in [0.25, 0.3) is 11.1 Å². The Labute approximate surface area is 167 Å². The number of benzene rings is 2. The van der Waals surface area contributed by atoms with Gasteiger partial charge in [0.05, 0.1) is 13.2 Å². The predicted octanol–water partition coefficient (Wildman–Crippen LogP) is 3.75. The van der Waals surface area contributed by atoms with Crippen LogP contribution in [0.5, 0.6) is 11.5 Å². The summed E-state index contributed by atoms with van der Waals surface area (Å²) in [5, 5.41) is 9.82. The molecule has 1 aliphatic heterocycles. The molecule has 152 valence electrons. The van der Waals surface area contributed by atoms with E-state index in [1.165, 1.54) is 0 Å². The van der Waals surface area contributed by atoms with Gasteiger partial charge >= 0.3 is 0 Å². The molecular weight excluding hydrogens is 356 g/mol. The van der Waals surface area contributed by atoms with Crippen LogP contribution in [-0.4, -0.2) is 50.9 Å². The lowest BCUT2D eigenvalue weighted by atomic mass is 9.96. The summed E-state index contributed by atoms with van der Waals surface area (Å²) in [6.07, 6.45) is -0.388. The number of aliphatic hydroxyl groups is 1. The van der Waals surface area contributed by atoms with Crippen LogP contribution in [0.2, 0.25) is 0 Å². The average Bonchev–Trinajstić information content (AvgIpc) is 3.44. The molecule has 1 heterocycles. The zero-order chi connectivity index (χ0) is 20.3. The Kier molecular flexibility index (Phi) is 6.60. The van der Waals surface area contributed by atoms with E-state index in [-0.39, 0.29) is 19.3 Å². The van der Waals surface area contributed by atoms with Gasteiger partial charge in [0, 0.05) is 7.11 Å². The molecule has 2 atom stereocenters. The summed E-state index contributed by atoms with van der Waals surface area (Å²) in [6, 6.07) is 8.57. The SMILES string of the molecule is COCC(O)COc1c(C)cc(-c2cc(C)c(OCC3CO3)c(C)c2)cc1C. The summed E-state index contributed by atoms with van der Waals surface area (Å²) in [5.74, 6) is 1.76. The maximum Gasteiger partial charge on any atom is 0.125 e. The third-order valence-corrected chi connectivity index (χ3v) is 4.85. The lowest BCUT2D eigenvalue weighted by molar-refractivity contribution is 0.0322. The molecule has 2 aromatic rings. The third-order valence-electron chi connectivity index (χ3n) is 4.85. The molecule has 0 amide bonds. The Balaban J connectivity index is 1.79. The summed E-state index contributed by atoms with van der Waals surface area (Å²) in [5.41, 5.74) is 6.62. The summed E-state index contributed by atoms with van der Waals surface area (Å²) in [6.45, 7) is 10.1. The highest BCUT2D eigenvalue weighted by atomic mass is 16.6. The van der Waals surface area contributed by atoms with Crippen molar-refractivity contribution in [1.29, 1.82) is 0 Å². The van der Waals surface area contributed by atoms with Gasteiger partial charge in [-0.3, -0.25) is 0 Å². The van der Waals surface area contributed by atoms with Crippen LogP contribution >= 0.6 is 0 Å². The first kappa shape index (κ1) is 20.6. The van der Waals surface area contributed by atoms with Gasteiger partial charge in [-0.25, -0.2) is 0 Å². The van der Waals surface area contributed by atoms with E-state index in [1.54, 1.807) is 7.11 Å². The Morgan fingerprint density at radius 2 is 1.36 bits per heavy atom. The molecule has 0 spiro atoms. The smallest absolute Gasteiger partial charge is 0.125 e. The molecule has 1 saturated heterocycles. The zero-order valence-electron chi connectivity index (χ0n) is 17.4. The van der Waals surface area contributed by atoms with Crippen molar-refractivity contribution in [3.8, 4) is 22.6 Å². The monoisotopic (exact) mass is 386 g/mol. The number of methoxy groups -OCH3 is 1. The number of hydrogen-bond acceptors (Lipinski definition) is 5. The molecular formula is C23H30O5. The molecule has 0 saturated carbocycles. The molecule has 1 aliphatic rings. The fourth-order valence-electron chi connectivity index (χ4n) is 3.45. The van der Waals surface area contributed by atoms with E-state index in [4.69, 9.17) is 18.9 Å². The molecule has 0 aliphatic carbocycles. The van der Waals surface area contributed by atoms with Crippen molar-refractivity contribution in [2.75, 3.05) is 33.5 Å². The van der Waals surface area contributed by atoms with Crippen LogP contribution in [0.4, 0.5) is 0 Å². The lowest BCUT2D eigenvalue weighted by Crippen LogP contribution is -2.23. The standard InChI is InChI=1S/C23H30O5/c1-14-6-18(7-15(2)22(14)27-11-20(24)10-25-5)19-8-16(3)23(17(4)9-19)28-13-21-12-26-21/h6-9,20-21,24H,10-13H2,1-5H3. The second kappa shape index (κ2) is 8.95. The normalized spacial score (nSPS) is 16.7. The minimum Gasteiger partial charge on any atom is -0.490 e. The molecule has 2 aromatic carbocycles. The quantitative estimate of drug-likeness (QED) is 0.665. The van der Waals surface area contributed by atoms with Crippen molar-refractivity contribution >= 4 is 0 Å². The second-order valence-corrected chi connectivity index (χ2v) is 7.56. The molecule has 0 aromatic heterocycles. The van der Waals surface area contributed by atoms with Crippen molar-refractivity contribution in [3.05, 3.63) is 46.5 Å². The van der Waals surface area contributed by atoms with E-state index >= 15 is 0 Å². The summed E-state index contributed by atoms with van der Waals surface area (Å²) >= 11 is 0. The summed E-state index contributed by atoms with van der Waals surface area (Å²) in [4.78, 5) is 0. The molecule has 5 nitrogen and oxygen atoms in total. The number of aryl methyl sites for hydroxylation is 4. The Bertz CT molecular complexity index is 780. The van der Waals surface area contributed by atoms with Crippen LogP contribution in [0.15, 0.2) is 24.3 Å². The molecule has 3 rings (SSSR count). The number of ether oxygens (including phenoxy) is 4. The van der Waals surface area contributed by atoms with Gasteiger partial charge in [-0.15, -0.1) is 0 Å². The largest absolute Gasteiger partial charge is 0.490 e. The minimum absolute atomic E-state index is 0.212. The highest BCUT2D eigenvalue weighted by Crippen LogP contribution is 2.34. The van der Waals surface area contributed by atoms with Gasteiger partial charge in [-0.2, -0.15) is 0 Å². The van der Waals surface area contributed by atoms with E-state index in [2.05, 4.69) is 38.1 Å². The van der Waals surface area contributed by atoms with Crippen LogP contribution in [-0.2, 0) is 9.47 Å². The summed E-state index contributed by atoms with van der Waals surface area (Å²) in [7, 11) is 1.56. The van der Waals surface area contributed by atoms with Gasteiger partial charge in [0.2, 0.25) is 0 Å². The van der Waals surface area contributed by atoms with E-state index < -0.39 is 6.10 Å². The van der Waals surface area contributed by atoms with Crippen molar-refractivity contribution in [1.82, 2.24) is 0 Å². The molecule has 0 radical (unpaired) electrons. The Morgan fingerprint density at radius 3 is 1.79 bits per heavy atom. The van der Waals surface area contributed by atoms with Crippen LogP contribution in [0, 0.1) is 27.7 Å². The van der Waals surface area contributed by atoms with Gasteiger partial charge in [0.15, 0.2) is 0 Å². The third kappa shape index (κ3) is 5.04. The highest BCUT2D eigenvalue weighted by Gasteiger charge is 2.24. The van der Waals surface area contributed by atoms with E-state index in [1.807, 2.05) is 13.8 Å². The number of rotatable bonds is 9. The van der Waals surface area contributed by atoms with Gasteiger partial charge in [-0.05, 0) is 85.3 Å². The Morgan fingerprint density at radius 1 is 0.893 bits per heavy atom. The van der Waals surface area contributed by atoms with E-state index in [9.17, 15) is 5.11 Å². The molecule has 28 heavy (non-hydrogen) atoms. The molecule has 0 bridgehead atoms. The van der Waals surface area contributed by atoms with Crippen molar-refractivity contribution in [2.24, 2.45) is 0 Å². The topological polar surface area (TPSA) is 60.5 Å². The predicted molar refractivity (Wildman–Crippen MR) is 109 cm³/mol. The molecule has 1 N–H and O–H groups in total. The van der Waals surface area contributed by atoms with Crippen LogP contribution < -0.4 is 9.47 Å². The lowest BCUT2D eigenvalue weighted by Gasteiger charge is -2.18. The molecule has 2 unspecified atom stereocenters. The van der Waals surface area contributed by atoms with E-state index in [0.29, 0.717) is 6.61 Å². The van der Waals surface area contributed by atoms with Crippen LogP contribution in [0.1, 0.15) is 22.3 Å². The fourth-order valence-corrected chi connectivity index (χ4v) is 3.45.